The lowest BCUT2D eigenvalue weighted by atomic mass is 10.1. The maximum atomic E-state index is 12.5. The highest BCUT2D eigenvalue weighted by Crippen LogP contribution is 2.34. The minimum absolute atomic E-state index is 0.00178. The van der Waals surface area contributed by atoms with Crippen molar-refractivity contribution in [2.45, 2.75) is 51.3 Å². The molecule has 0 radical (unpaired) electrons. The van der Waals surface area contributed by atoms with E-state index in [2.05, 4.69) is 10.6 Å². The van der Waals surface area contributed by atoms with Gasteiger partial charge in [-0.1, -0.05) is 19.1 Å². The standard InChI is InChI=1S/C18H25N3O3/c1-3-10-19-18(23)16-11-21(12(2)17(22)20-13-8-9-13)14-6-4-5-7-15(14)24-16/h4-7,12-13,16H,3,8-11H2,1-2H3,(H,19,23)(H,20,22)/t12-,16-/m0/s1. The predicted molar refractivity (Wildman–Crippen MR) is 92.1 cm³/mol. The fourth-order valence-corrected chi connectivity index (χ4v) is 2.82. The molecule has 0 aromatic heterocycles. The minimum atomic E-state index is -0.609. The van der Waals surface area contributed by atoms with Crippen LogP contribution in [-0.2, 0) is 9.59 Å². The van der Waals surface area contributed by atoms with Gasteiger partial charge in [0.05, 0.1) is 12.2 Å². The number of hydrogen-bond donors (Lipinski definition) is 2. The first kappa shape index (κ1) is 16.6. The van der Waals surface area contributed by atoms with Gasteiger partial charge in [-0.25, -0.2) is 0 Å². The average Bonchev–Trinajstić information content (AvgIpc) is 3.41. The first-order valence-electron chi connectivity index (χ1n) is 8.70. The van der Waals surface area contributed by atoms with E-state index < -0.39 is 6.10 Å². The minimum Gasteiger partial charge on any atom is -0.477 e. The second kappa shape index (κ2) is 7.11. The summed E-state index contributed by atoms with van der Waals surface area (Å²) in [6, 6.07) is 7.52. The highest BCUT2D eigenvalue weighted by Gasteiger charge is 2.36. The van der Waals surface area contributed by atoms with Gasteiger partial charge >= 0.3 is 0 Å². The van der Waals surface area contributed by atoms with Crippen LogP contribution in [0.4, 0.5) is 5.69 Å². The molecule has 0 bridgehead atoms. The van der Waals surface area contributed by atoms with Crippen LogP contribution < -0.4 is 20.3 Å². The summed E-state index contributed by atoms with van der Waals surface area (Å²) < 4.78 is 5.86. The van der Waals surface area contributed by atoms with E-state index in [0.29, 0.717) is 24.9 Å². The van der Waals surface area contributed by atoms with Crippen molar-refractivity contribution in [3.8, 4) is 5.75 Å². The molecular weight excluding hydrogens is 306 g/mol. The lowest BCUT2D eigenvalue weighted by Gasteiger charge is -2.38. The molecule has 1 aliphatic heterocycles. The lowest BCUT2D eigenvalue weighted by Crippen LogP contribution is -2.55. The zero-order valence-corrected chi connectivity index (χ0v) is 14.2. The van der Waals surface area contributed by atoms with Crippen molar-refractivity contribution in [3.63, 3.8) is 0 Å². The molecule has 1 aromatic carbocycles. The van der Waals surface area contributed by atoms with E-state index in [1.165, 1.54) is 0 Å². The SMILES string of the molecule is CCCNC(=O)[C@@H]1CN([C@@H](C)C(=O)NC2CC2)c2ccccc2O1. The summed E-state index contributed by atoms with van der Waals surface area (Å²) in [6.45, 7) is 4.87. The second-order valence-electron chi connectivity index (χ2n) is 6.48. The van der Waals surface area contributed by atoms with Gasteiger partial charge in [0.25, 0.3) is 5.91 Å². The smallest absolute Gasteiger partial charge is 0.262 e. The fourth-order valence-electron chi connectivity index (χ4n) is 2.82. The van der Waals surface area contributed by atoms with Gasteiger partial charge in [-0.15, -0.1) is 0 Å². The number of fused-ring (bicyclic) bond motifs is 1. The van der Waals surface area contributed by atoms with Crippen LogP contribution in [0.2, 0.25) is 0 Å². The van der Waals surface area contributed by atoms with Crippen LogP contribution in [0.15, 0.2) is 24.3 Å². The summed E-state index contributed by atoms with van der Waals surface area (Å²) in [7, 11) is 0. The molecule has 1 fully saturated rings. The molecule has 2 aliphatic rings. The molecule has 1 aliphatic carbocycles. The van der Waals surface area contributed by atoms with Crippen LogP contribution in [0, 0.1) is 0 Å². The number of anilines is 1. The number of nitrogens with one attached hydrogen (secondary N) is 2. The fraction of sp³-hybridized carbons (Fsp3) is 0.556. The first-order valence-corrected chi connectivity index (χ1v) is 8.70. The van der Waals surface area contributed by atoms with E-state index >= 15 is 0 Å². The van der Waals surface area contributed by atoms with Crippen molar-refractivity contribution < 1.29 is 14.3 Å². The number of para-hydroxylation sites is 2. The number of carbonyl (C=O) groups is 2. The quantitative estimate of drug-likeness (QED) is 0.828. The van der Waals surface area contributed by atoms with Gasteiger partial charge in [-0.05, 0) is 38.3 Å². The molecular formula is C18H25N3O3. The Kier molecular flexibility index (Phi) is 4.92. The van der Waals surface area contributed by atoms with Gasteiger partial charge in [-0.2, -0.15) is 0 Å². The zero-order chi connectivity index (χ0) is 17.1. The molecule has 3 rings (SSSR count). The van der Waals surface area contributed by atoms with E-state index in [1.807, 2.05) is 43.0 Å². The number of ether oxygens (including phenoxy) is 1. The van der Waals surface area contributed by atoms with Gasteiger partial charge in [0.15, 0.2) is 6.10 Å². The molecule has 2 atom stereocenters. The van der Waals surface area contributed by atoms with E-state index in [9.17, 15) is 9.59 Å². The monoisotopic (exact) mass is 331 g/mol. The maximum Gasteiger partial charge on any atom is 0.262 e. The summed E-state index contributed by atoms with van der Waals surface area (Å²) in [6.07, 6.45) is 2.38. The molecule has 0 spiro atoms. The summed E-state index contributed by atoms with van der Waals surface area (Å²) in [5.74, 6) is 0.513. The zero-order valence-electron chi connectivity index (χ0n) is 14.2. The van der Waals surface area contributed by atoms with Crippen molar-refractivity contribution in [3.05, 3.63) is 24.3 Å². The maximum absolute atomic E-state index is 12.5. The largest absolute Gasteiger partial charge is 0.477 e. The molecule has 2 amide bonds. The third-order valence-corrected chi connectivity index (χ3v) is 4.42. The molecule has 6 heteroatoms. The number of amides is 2. The van der Waals surface area contributed by atoms with Crippen LogP contribution in [0.5, 0.6) is 5.75 Å². The molecule has 2 N–H and O–H groups in total. The van der Waals surface area contributed by atoms with Crippen LogP contribution in [-0.4, -0.2) is 43.1 Å². The third-order valence-electron chi connectivity index (χ3n) is 4.42. The van der Waals surface area contributed by atoms with Crippen LogP contribution >= 0.6 is 0 Å². The van der Waals surface area contributed by atoms with Crippen LogP contribution in [0.3, 0.4) is 0 Å². The number of rotatable bonds is 6. The Morgan fingerprint density at radius 2 is 2.08 bits per heavy atom. The Hall–Kier alpha value is -2.24. The molecule has 1 saturated carbocycles. The molecule has 6 nitrogen and oxygen atoms in total. The van der Waals surface area contributed by atoms with Crippen LogP contribution in [0.25, 0.3) is 0 Å². The van der Waals surface area contributed by atoms with Crippen molar-refractivity contribution in [2.24, 2.45) is 0 Å². The number of benzene rings is 1. The molecule has 0 unspecified atom stereocenters. The third kappa shape index (κ3) is 3.63. The molecule has 24 heavy (non-hydrogen) atoms. The van der Waals surface area contributed by atoms with Crippen molar-refractivity contribution in [1.29, 1.82) is 0 Å². The Bertz CT molecular complexity index is 615. The van der Waals surface area contributed by atoms with E-state index in [1.54, 1.807) is 0 Å². The van der Waals surface area contributed by atoms with Crippen molar-refractivity contribution >= 4 is 17.5 Å². The van der Waals surface area contributed by atoms with Crippen LogP contribution in [0.1, 0.15) is 33.1 Å². The summed E-state index contributed by atoms with van der Waals surface area (Å²) >= 11 is 0. The van der Waals surface area contributed by atoms with Gasteiger partial charge in [-0.3, -0.25) is 9.59 Å². The van der Waals surface area contributed by atoms with Crippen molar-refractivity contribution in [2.75, 3.05) is 18.0 Å². The highest BCUT2D eigenvalue weighted by molar-refractivity contribution is 5.88. The molecule has 130 valence electrons. The predicted octanol–water partition coefficient (Wildman–Crippen LogP) is 1.45. The number of carbonyl (C=O) groups excluding carboxylic acids is 2. The Labute approximate surface area is 142 Å². The Morgan fingerprint density at radius 3 is 2.79 bits per heavy atom. The summed E-state index contributed by atoms with van der Waals surface area (Å²) in [5.41, 5.74) is 0.857. The molecule has 1 aromatic rings. The summed E-state index contributed by atoms with van der Waals surface area (Å²) in [5, 5.41) is 5.91. The second-order valence-corrected chi connectivity index (χ2v) is 6.48. The number of nitrogens with zero attached hydrogens (tertiary/aromatic N) is 1. The first-order chi connectivity index (χ1) is 11.6. The number of hydrogen-bond acceptors (Lipinski definition) is 4. The van der Waals surface area contributed by atoms with Gasteiger partial charge in [0, 0.05) is 12.6 Å². The highest BCUT2D eigenvalue weighted by atomic mass is 16.5. The van der Waals surface area contributed by atoms with Gasteiger partial charge in [0.2, 0.25) is 5.91 Å². The lowest BCUT2D eigenvalue weighted by molar-refractivity contribution is -0.128. The van der Waals surface area contributed by atoms with E-state index in [-0.39, 0.29) is 17.9 Å². The Balaban J connectivity index is 1.77. The Morgan fingerprint density at radius 1 is 1.33 bits per heavy atom. The topological polar surface area (TPSA) is 70.7 Å². The molecule has 0 saturated heterocycles. The summed E-state index contributed by atoms with van der Waals surface area (Å²) in [4.78, 5) is 26.8. The molecule has 1 heterocycles. The van der Waals surface area contributed by atoms with Crippen molar-refractivity contribution in [1.82, 2.24) is 10.6 Å². The average molecular weight is 331 g/mol. The van der Waals surface area contributed by atoms with E-state index in [4.69, 9.17) is 4.74 Å². The normalized spacial score (nSPS) is 20.6. The van der Waals surface area contributed by atoms with E-state index in [0.717, 1.165) is 24.9 Å². The van der Waals surface area contributed by atoms with Gasteiger partial charge in [0.1, 0.15) is 11.8 Å². The van der Waals surface area contributed by atoms with Gasteiger partial charge < -0.3 is 20.3 Å².